The molecule has 10 nitrogen and oxygen atoms in total. The number of fused-ring (bicyclic) bond motifs is 2. The minimum atomic E-state index is -0.426. The fourth-order valence-electron chi connectivity index (χ4n) is 4.49. The topological polar surface area (TPSA) is 112 Å². The molecule has 0 radical (unpaired) electrons. The monoisotopic (exact) mass is 464 g/mol. The molecule has 0 fully saturated rings. The molecule has 34 heavy (non-hydrogen) atoms. The Labute approximate surface area is 197 Å². The maximum Gasteiger partial charge on any atom is 0.407 e. The fraction of sp³-hybridized carbons (Fsp3) is 0.417. The molecule has 2 aliphatic heterocycles. The number of hydrogen-bond donors (Lipinski definition) is 2. The van der Waals surface area contributed by atoms with E-state index in [0.717, 1.165) is 48.7 Å². The van der Waals surface area contributed by atoms with Crippen LogP contribution in [0.15, 0.2) is 49.1 Å². The SMILES string of the molecule is O=C(NCCc1cccc(CCNC(=O)OC2CCn3ccnc32)c1)OC1CCn2ccnc21. The normalized spacial score (nSPS) is 18.2. The number of carbonyl (C=O) groups is 2. The summed E-state index contributed by atoms with van der Waals surface area (Å²) in [5, 5.41) is 5.64. The highest BCUT2D eigenvalue weighted by molar-refractivity contribution is 5.68. The lowest BCUT2D eigenvalue weighted by molar-refractivity contribution is 0.0956. The van der Waals surface area contributed by atoms with E-state index in [-0.39, 0.29) is 12.2 Å². The van der Waals surface area contributed by atoms with Gasteiger partial charge in [-0.3, -0.25) is 0 Å². The molecule has 3 aromatic rings. The maximum atomic E-state index is 12.1. The lowest BCUT2D eigenvalue weighted by atomic mass is 10.1. The first kappa shape index (κ1) is 22.0. The van der Waals surface area contributed by atoms with E-state index in [1.165, 1.54) is 0 Å². The summed E-state index contributed by atoms with van der Waals surface area (Å²) in [7, 11) is 0. The van der Waals surface area contributed by atoms with Gasteiger partial charge in [0.05, 0.1) is 0 Å². The molecule has 2 amide bonds. The zero-order valence-corrected chi connectivity index (χ0v) is 18.9. The number of hydrogen-bond acceptors (Lipinski definition) is 6. The van der Waals surface area contributed by atoms with Gasteiger partial charge in [-0.2, -0.15) is 0 Å². The number of aromatic nitrogens is 4. The number of aryl methyl sites for hydroxylation is 2. The van der Waals surface area contributed by atoms with Crippen LogP contribution < -0.4 is 10.6 Å². The number of rotatable bonds is 8. The minimum Gasteiger partial charge on any atom is -0.438 e. The van der Waals surface area contributed by atoms with E-state index < -0.39 is 12.2 Å². The minimum absolute atomic E-state index is 0.284. The molecule has 2 aliphatic rings. The third kappa shape index (κ3) is 5.05. The van der Waals surface area contributed by atoms with E-state index in [2.05, 4.69) is 26.7 Å². The van der Waals surface area contributed by atoms with Crippen LogP contribution >= 0.6 is 0 Å². The van der Waals surface area contributed by atoms with E-state index in [9.17, 15) is 9.59 Å². The van der Waals surface area contributed by atoms with Gasteiger partial charge in [0, 0.05) is 63.8 Å². The Morgan fingerprint density at radius 2 is 1.35 bits per heavy atom. The Balaban J connectivity index is 1.01. The van der Waals surface area contributed by atoms with E-state index in [1.54, 1.807) is 12.4 Å². The smallest absolute Gasteiger partial charge is 0.407 e. The number of nitrogens with zero attached hydrogens (tertiary/aromatic N) is 4. The van der Waals surface area contributed by atoms with Crippen molar-refractivity contribution >= 4 is 12.2 Å². The van der Waals surface area contributed by atoms with Crippen molar-refractivity contribution in [3.8, 4) is 0 Å². The van der Waals surface area contributed by atoms with E-state index in [1.807, 2.05) is 39.7 Å². The van der Waals surface area contributed by atoms with Crippen LogP contribution in [0.3, 0.4) is 0 Å². The summed E-state index contributed by atoms with van der Waals surface area (Å²) in [5.41, 5.74) is 2.21. The van der Waals surface area contributed by atoms with Crippen LogP contribution in [0.25, 0.3) is 0 Å². The van der Waals surface area contributed by atoms with Crippen LogP contribution in [0, 0.1) is 0 Å². The van der Waals surface area contributed by atoms with Gasteiger partial charge in [0.1, 0.15) is 11.6 Å². The lowest BCUT2D eigenvalue weighted by Crippen LogP contribution is -2.28. The van der Waals surface area contributed by atoms with Crippen molar-refractivity contribution in [3.05, 3.63) is 71.8 Å². The number of imidazole rings is 2. The number of amides is 2. The molecule has 2 aromatic heterocycles. The molecule has 2 N–H and O–H groups in total. The molecular weight excluding hydrogens is 436 g/mol. The number of carbonyl (C=O) groups excluding carboxylic acids is 2. The predicted octanol–water partition coefficient (Wildman–Crippen LogP) is 2.91. The summed E-state index contributed by atoms with van der Waals surface area (Å²) in [6.07, 6.45) is 8.70. The molecule has 0 spiro atoms. The summed E-state index contributed by atoms with van der Waals surface area (Å²) < 4.78 is 15.0. The third-order valence-electron chi connectivity index (χ3n) is 6.19. The summed E-state index contributed by atoms with van der Waals surface area (Å²) in [4.78, 5) is 32.8. The second kappa shape index (κ2) is 9.98. The highest BCUT2D eigenvalue weighted by atomic mass is 16.6. The molecule has 4 heterocycles. The van der Waals surface area contributed by atoms with Gasteiger partial charge in [0.15, 0.2) is 12.2 Å². The molecule has 0 saturated carbocycles. The first-order chi connectivity index (χ1) is 16.7. The maximum absolute atomic E-state index is 12.1. The zero-order chi connectivity index (χ0) is 23.3. The van der Waals surface area contributed by atoms with Crippen LogP contribution in [0.2, 0.25) is 0 Å². The average molecular weight is 465 g/mol. The Hall–Kier alpha value is -3.82. The van der Waals surface area contributed by atoms with Crippen molar-refractivity contribution in [1.29, 1.82) is 0 Å². The van der Waals surface area contributed by atoms with Crippen LogP contribution in [0.5, 0.6) is 0 Å². The molecule has 1 aromatic carbocycles. The van der Waals surface area contributed by atoms with Gasteiger partial charge in [-0.05, 0) is 24.0 Å². The van der Waals surface area contributed by atoms with Crippen molar-refractivity contribution in [3.63, 3.8) is 0 Å². The summed E-state index contributed by atoms with van der Waals surface area (Å²) in [6, 6.07) is 8.11. The number of ether oxygens (including phenoxy) is 2. The first-order valence-corrected chi connectivity index (χ1v) is 11.6. The van der Waals surface area contributed by atoms with Crippen molar-refractivity contribution in [2.24, 2.45) is 0 Å². The Bertz CT molecular complexity index is 1070. The Kier molecular flexibility index (Phi) is 6.46. The molecule has 2 unspecified atom stereocenters. The second-order valence-electron chi connectivity index (χ2n) is 8.50. The third-order valence-corrected chi connectivity index (χ3v) is 6.19. The zero-order valence-electron chi connectivity index (χ0n) is 18.9. The van der Waals surface area contributed by atoms with Crippen molar-refractivity contribution < 1.29 is 19.1 Å². The van der Waals surface area contributed by atoms with Gasteiger partial charge in [-0.1, -0.05) is 24.3 Å². The van der Waals surface area contributed by atoms with Gasteiger partial charge in [-0.15, -0.1) is 0 Å². The average Bonchev–Trinajstić information content (AvgIpc) is 3.59. The number of benzene rings is 1. The fourth-order valence-corrected chi connectivity index (χ4v) is 4.49. The van der Waals surface area contributed by atoms with E-state index >= 15 is 0 Å². The molecule has 178 valence electrons. The summed E-state index contributed by atoms with van der Waals surface area (Å²) in [6.45, 7) is 2.59. The van der Waals surface area contributed by atoms with Gasteiger partial charge in [0.2, 0.25) is 0 Å². The van der Waals surface area contributed by atoms with Crippen LogP contribution in [-0.4, -0.2) is 44.4 Å². The molecule has 10 heteroatoms. The quantitative estimate of drug-likeness (QED) is 0.530. The number of alkyl carbamates (subject to hydrolysis) is 2. The molecular formula is C24H28N6O4. The second-order valence-corrected chi connectivity index (χ2v) is 8.50. The first-order valence-electron chi connectivity index (χ1n) is 11.6. The molecule has 5 rings (SSSR count). The van der Waals surface area contributed by atoms with Crippen molar-refractivity contribution in [1.82, 2.24) is 29.7 Å². The standard InChI is InChI=1S/C24H28N6O4/c31-23(33-19-6-12-29-14-10-25-21(19)29)27-8-4-17-2-1-3-18(16-17)5-9-28-24(32)34-20-7-13-30-15-11-26-22(20)30/h1-3,10-11,14-16,19-20H,4-9,12-13H2,(H,27,31)(H,28,32). The molecule has 0 aliphatic carbocycles. The van der Waals surface area contributed by atoms with Gasteiger partial charge >= 0.3 is 12.2 Å². The Morgan fingerprint density at radius 1 is 0.853 bits per heavy atom. The highest BCUT2D eigenvalue weighted by Gasteiger charge is 2.27. The van der Waals surface area contributed by atoms with Gasteiger partial charge < -0.3 is 29.2 Å². The van der Waals surface area contributed by atoms with E-state index in [4.69, 9.17) is 9.47 Å². The van der Waals surface area contributed by atoms with E-state index in [0.29, 0.717) is 25.9 Å². The van der Waals surface area contributed by atoms with Crippen LogP contribution in [-0.2, 0) is 35.4 Å². The molecule has 0 bridgehead atoms. The van der Waals surface area contributed by atoms with Crippen LogP contribution in [0.1, 0.15) is 47.8 Å². The molecule has 0 saturated heterocycles. The summed E-state index contributed by atoms with van der Waals surface area (Å²) in [5.74, 6) is 1.60. The lowest BCUT2D eigenvalue weighted by Gasteiger charge is -2.12. The van der Waals surface area contributed by atoms with Gasteiger partial charge in [-0.25, -0.2) is 19.6 Å². The molecule has 2 atom stereocenters. The number of nitrogens with one attached hydrogen (secondary N) is 2. The predicted molar refractivity (Wildman–Crippen MR) is 122 cm³/mol. The van der Waals surface area contributed by atoms with Crippen molar-refractivity contribution in [2.45, 2.75) is 51.0 Å². The largest absolute Gasteiger partial charge is 0.438 e. The Morgan fingerprint density at radius 3 is 1.85 bits per heavy atom. The summed E-state index contributed by atoms with van der Waals surface area (Å²) >= 11 is 0. The highest BCUT2D eigenvalue weighted by Crippen LogP contribution is 2.28. The van der Waals surface area contributed by atoms with Crippen LogP contribution in [0.4, 0.5) is 9.59 Å². The van der Waals surface area contributed by atoms with Gasteiger partial charge in [0.25, 0.3) is 0 Å². The van der Waals surface area contributed by atoms with Crippen molar-refractivity contribution in [2.75, 3.05) is 13.1 Å².